The minimum absolute atomic E-state index is 0. The molecule has 5 nitrogen and oxygen atoms in total. The summed E-state index contributed by atoms with van der Waals surface area (Å²) in [5.74, 6) is 0.335. The fourth-order valence-corrected chi connectivity index (χ4v) is 1.87. The topological polar surface area (TPSA) is 94.0 Å². The number of Topliss-reactive ketones (excluding diaryl/α,β-unsaturated/α-hetero) is 1. The van der Waals surface area contributed by atoms with Crippen LogP contribution in [0.2, 0.25) is 0 Å². The summed E-state index contributed by atoms with van der Waals surface area (Å²) in [6.45, 7) is 2.96. The summed E-state index contributed by atoms with van der Waals surface area (Å²) >= 11 is 1.28. The second-order valence-corrected chi connectivity index (χ2v) is 3.72. The summed E-state index contributed by atoms with van der Waals surface area (Å²) in [6, 6.07) is 0. The second-order valence-electron chi connectivity index (χ2n) is 2.73. The number of nitrogen functional groups attached to an aromatic ring is 1. The van der Waals surface area contributed by atoms with E-state index in [1.165, 1.54) is 11.3 Å². The minimum atomic E-state index is 0. The molecule has 86 valence electrons. The minimum Gasteiger partial charge on any atom is -0.382 e. The molecule has 0 amide bonds. The van der Waals surface area contributed by atoms with Gasteiger partial charge >= 0.3 is 0 Å². The van der Waals surface area contributed by atoms with Gasteiger partial charge in [-0.2, -0.15) is 0 Å². The summed E-state index contributed by atoms with van der Waals surface area (Å²) in [6.07, 6.45) is 0.447. The Kier molecular flexibility index (Phi) is 5.88. The Hall–Kier alpha value is -1.14. The summed E-state index contributed by atoms with van der Waals surface area (Å²) in [5, 5.41) is 3.64. The van der Waals surface area contributed by atoms with Gasteiger partial charge in [0.25, 0.3) is 0 Å². The van der Waals surface area contributed by atoms with Gasteiger partial charge in [0.1, 0.15) is 10.7 Å². The second kappa shape index (κ2) is 6.36. The molecule has 0 unspecified atom stereocenters. The highest BCUT2D eigenvalue weighted by Crippen LogP contribution is 2.25. The van der Waals surface area contributed by atoms with Gasteiger partial charge in [-0.15, -0.1) is 0 Å². The number of rotatable bonds is 5. The maximum Gasteiger partial charge on any atom is 0.185 e. The molecule has 15 heavy (non-hydrogen) atoms. The van der Waals surface area contributed by atoms with Crippen LogP contribution in [-0.2, 0) is 0 Å². The van der Waals surface area contributed by atoms with Crippen molar-refractivity contribution in [1.82, 2.24) is 4.98 Å². The smallest absolute Gasteiger partial charge is 0.185 e. The van der Waals surface area contributed by atoms with Gasteiger partial charge in [-0.1, -0.05) is 25.7 Å². The van der Waals surface area contributed by atoms with E-state index < -0.39 is 0 Å². The molecule has 1 aromatic rings. The van der Waals surface area contributed by atoms with E-state index in [0.29, 0.717) is 35.3 Å². The van der Waals surface area contributed by atoms with Gasteiger partial charge in [0.15, 0.2) is 10.9 Å². The number of hydrogen-bond donors (Lipinski definition) is 3. The molecule has 0 aromatic carbocycles. The van der Waals surface area contributed by atoms with Crippen molar-refractivity contribution in [2.45, 2.75) is 20.8 Å². The Morgan fingerprint density at radius 1 is 1.60 bits per heavy atom. The number of anilines is 2. The molecule has 0 aliphatic rings. The van der Waals surface area contributed by atoms with Crippen LogP contribution in [0.25, 0.3) is 0 Å². The first-order valence-corrected chi connectivity index (χ1v) is 5.24. The number of nitrogens with zero attached hydrogens (tertiary/aromatic N) is 1. The van der Waals surface area contributed by atoms with Gasteiger partial charge in [0, 0.05) is 19.5 Å². The van der Waals surface area contributed by atoms with Gasteiger partial charge < -0.3 is 16.8 Å². The van der Waals surface area contributed by atoms with Gasteiger partial charge in [-0.05, 0) is 0 Å². The molecule has 0 bridgehead atoms. The molecule has 1 aromatic heterocycles. The third kappa shape index (κ3) is 3.49. The average molecular weight is 230 g/mol. The van der Waals surface area contributed by atoms with Crippen molar-refractivity contribution in [2.24, 2.45) is 5.73 Å². The van der Waals surface area contributed by atoms with E-state index in [4.69, 9.17) is 11.5 Å². The van der Waals surface area contributed by atoms with Crippen LogP contribution in [0.1, 0.15) is 30.4 Å². The Morgan fingerprint density at radius 2 is 2.27 bits per heavy atom. The van der Waals surface area contributed by atoms with Crippen molar-refractivity contribution < 1.29 is 4.79 Å². The Balaban J connectivity index is 0.00000196. The van der Waals surface area contributed by atoms with Gasteiger partial charge in [0.05, 0.1) is 0 Å². The molecule has 0 spiro atoms. The quantitative estimate of drug-likeness (QED) is 0.663. The monoisotopic (exact) mass is 230 g/mol. The maximum absolute atomic E-state index is 11.4. The zero-order valence-electron chi connectivity index (χ0n) is 8.04. The molecule has 1 rings (SSSR count). The van der Waals surface area contributed by atoms with Crippen molar-refractivity contribution in [1.29, 1.82) is 0 Å². The molecule has 0 saturated heterocycles. The van der Waals surface area contributed by atoms with Crippen molar-refractivity contribution in [3.63, 3.8) is 0 Å². The number of nitrogens with two attached hydrogens (primary N) is 2. The SMILES string of the molecule is C.CCC(=O)c1sc(NCCN)nc1N. The lowest BCUT2D eigenvalue weighted by molar-refractivity contribution is 0.0992. The van der Waals surface area contributed by atoms with E-state index >= 15 is 0 Å². The van der Waals surface area contributed by atoms with Gasteiger partial charge in [-0.3, -0.25) is 4.79 Å². The predicted octanol–water partition coefficient (Wildman–Crippen LogP) is 1.32. The Bertz CT molecular complexity index is 324. The highest BCUT2D eigenvalue weighted by molar-refractivity contribution is 7.18. The maximum atomic E-state index is 11.4. The molecule has 0 saturated carbocycles. The standard InChI is InChI=1S/C8H14N4OS.CH4/c1-2-5(13)6-7(10)12-8(14-6)11-4-3-9;/h2-4,9-10H2,1H3,(H,11,12);1H4. The highest BCUT2D eigenvalue weighted by Gasteiger charge is 2.13. The van der Waals surface area contributed by atoms with E-state index in [1.54, 1.807) is 6.92 Å². The van der Waals surface area contributed by atoms with Gasteiger partial charge in [0.2, 0.25) is 0 Å². The summed E-state index contributed by atoms with van der Waals surface area (Å²) in [5.41, 5.74) is 10.9. The third-order valence-electron chi connectivity index (χ3n) is 1.65. The molecule has 0 aliphatic heterocycles. The van der Waals surface area contributed by atoms with E-state index in [0.717, 1.165) is 0 Å². The summed E-state index contributed by atoms with van der Waals surface area (Å²) in [7, 11) is 0. The van der Waals surface area contributed by atoms with Crippen molar-refractivity contribution in [3.8, 4) is 0 Å². The Morgan fingerprint density at radius 3 is 2.80 bits per heavy atom. The van der Waals surface area contributed by atoms with Crippen LogP contribution in [0.4, 0.5) is 10.9 Å². The van der Waals surface area contributed by atoms with Crippen LogP contribution in [0.3, 0.4) is 0 Å². The molecular weight excluding hydrogens is 212 g/mol. The van der Waals surface area contributed by atoms with E-state index in [1.807, 2.05) is 0 Å². The van der Waals surface area contributed by atoms with Gasteiger partial charge in [-0.25, -0.2) is 4.98 Å². The zero-order chi connectivity index (χ0) is 10.6. The largest absolute Gasteiger partial charge is 0.382 e. The average Bonchev–Trinajstić information content (AvgIpc) is 2.55. The van der Waals surface area contributed by atoms with Crippen molar-refractivity contribution in [2.75, 3.05) is 24.1 Å². The van der Waals surface area contributed by atoms with E-state index in [2.05, 4.69) is 10.3 Å². The van der Waals surface area contributed by atoms with Crippen molar-refractivity contribution in [3.05, 3.63) is 4.88 Å². The normalized spacial score (nSPS) is 9.47. The van der Waals surface area contributed by atoms with Crippen LogP contribution in [0.15, 0.2) is 0 Å². The molecule has 1 heterocycles. The van der Waals surface area contributed by atoms with Crippen LogP contribution in [0, 0.1) is 0 Å². The fraction of sp³-hybridized carbons (Fsp3) is 0.556. The molecule has 0 aliphatic carbocycles. The molecule has 0 radical (unpaired) electrons. The zero-order valence-corrected chi connectivity index (χ0v) is 8.86. The van der Waals surface area contributed by atoms with Crippen LogP contribution < -0.4 is 16.8 Å². The molecule has 6 heteroatoms. The first-order valence-electron chi connectivity index (χ1n) is 4.42. The van der Waals surface area contributed by atoms with Crippen molar-refractivity contribution >= 4 is 28.1 Å². The number of thiazole rings is 1. The van der Waals surface area contributed by atoms with Crippen LogP contribution in [-0.4, -0.2) is 23.9 Å². The number of nitrogens with one attached hydrogen (secondary N) is 1. The summed E-state index contributed by atoms with van der Waals surface area (Å²) < 4.78 is 0. The van der Waals surface area contributed by atoms with E-state index in [9.17, 15) is 4.79 Å². The molecule has 0 fully saturated rings. The number of ketones is 1. The lowest BCUT2D eigenvalue weighted by Gasteiger charge is -1.96. The number of carbonyl (C=O) groups is 1. The lowest BCUT2D eigenvalue weighted by Crippen LogP contribution is -2.12. The number of hydrogen-bond acceptors (Lipinski definition) is 6. The molecule has 5 N–H and O–H groups in total. The van der Waals surface area contributed by atoms with E-state index in [-0.39, 0.29) is 13.2 Å². The Labute approximate surface area is 93.9 Å². The summed E-state index contributed by atoms with van der Waals surface area (Å²) in [4.78, 5) is 15.9. The first-order chi connectivity index (χ1) is 6.69. The number of aromatic nitrogens is 1. The third-order valence-corrected chi connectivity index (χ3v) is 2.72. The predicted molar refractivity (Wildman–Crippen MR) is 65.4 cm³/mol. The number of carbonyl (C=O) groups excluding carboxylic acids is 1. The molecule has 0 atom stereocenters. The van der Waals surface area contributed by atoms with Crippen LogP contribution in [0.5, 0.6) is 0 Å². The first kappa shape index (κ1) is 13.9. The fourth-order valence-electron chi connectivity index (χ4n) is 0.947. The highest BCUT2D eigenvalue weighted by atomic mass is 32.1. The lowest BCUT2D eigenvalue weighted by atomic mass is 10.3. The van der Waals surface area contributed by atoms with Crippen LogP contribution >= 0.6 is 11.3 Å². The molecular formula is C9H18N4OS.